The number of aryl methyl sites for hydroxylation is 1. The monoisotopic (exact) mass is 270 g/mol. The fraction of sp³-hybridized carbons (Fsp3) is 0.312. The summed E-state index contributed by atoms with van der Waals surface area (Å²) in [7, 11) is 0. The minimum Gasteiger partial charge on any atom is -0.469 e. The number of amides is 1. The third kappa shape index (κ3) is 2.07. The van der Waals surface area contributed by atoms with Gasteiger partial charge in [0.1, 0.15) is 5.76 Å². The van der Waals surface area contributed by atoms with Crippen molar-refractivity contribution in [3.8, 4) is 0 Å². The number of hydrogen-bond acceptors (Lipinski definition) is 3. The van der Waals surface area contributed by atoms with Crippen molar-refractivity contribution in [2.24, 2.45) is 0 Å². The molecule has 0 aliphatic carbocycles. The summed E-state index contributed by atoms with van der Waals surface area (Å²) in [6.45, 7) is 3.31. The number of hydrogen-bond donors (Lipinski definition) is 1. The maximum Gasteiger partial charge on any atom is 0.257 e. The van der Waals surface area contributed by atoms with Crippen molar-refractivity contribution < 1.29 is 9.21 Å². The highest BCUT2D eigenvalue weighted by Gasteiger charge is 2.25. The van der Waals surface area contributed by atoms with Crippen LogP contribution in [0.3, 0.4) is 0 Å². The minimum atomic E-state index is 0.0451. The van der Waals surface area contributed by atoms with Gasteiger partial charge in [0.25, 0.3) is 5.91 Å². The lowest BCUT2D eigenvalue weighted by Crippen LogP contribution is -2.36. The fourth-order valence-corrected chi connectivity index (χ4v) is 2.79. The molecule has 2 heterocycles. The topological polar surface area (TPSA) is 59.5 Å². The summed E-state index contributed by atoms with van der Waals surface area (Å²) in [6.07, 6.45) is 3.13. The molecule has 1 amide bonds. The molecule has 1 aromatic heterocycles. The molecule has 0 fully saturated rings. The Morgan fingerprint density at radius 3 is 3.05 bits per heavy atom. The highest BCUT2D eigenvalue weighted by atomic mass is 16.3. The van der Waals surface area contributed by atoms with Crippen molar-refractivity contribution in [3.05, 3.63) is 53.0 Å². The Morgan fingerprint density at radius 1 is 1.40 bits per heavy atom. The fourth-order valence-electron chi connectivity index (χ4n) is 2.79. The number of fused-ring (bicyclic) bond motifs is 1. The van der Waals surface area contributed by atoms with E-state index in [2.05, 4.69) is 0 Å². The molecule has 0 atom stereocenters. The molecule has 1 aromatic carbocycles. The number of anilines is 1. The average Bonchev–Trinajstić information content (AvgIpc) is 2.95. The summed E-state index contributed by atoms with van der Waals surface area (Å²) in [6, 6.07) is 7.66. The molecule has 1 aliphatic rings. The van der Waals surface area contributed by atoms with Crippen molar-refractivity contribution in [1.82, 2.24) is 4.90 Å². The quantitative estimate of drug-likeness (QED) is 0.853. The molecule has 0 spiro atoms. The average molecular weight is 270 g/mol. The van der Waals surface area contributed by atoms with Crippen LogP contribution in [0.4, 0.5) is 5.69 Å². The second-order valence-electron chi connectivity index (χ2n) is 5.07. The standard InChI is InChI=1S/C16H18N2O2/c1-2-15-13(7-9-20-15)16(19)18-8-6-12-11(10-18)4-3-5-14(12)17/h3-5,7,9H,2,6,8,10,17H2,1H3. The zero-order valence-corrected chi connectivity index (χ0v) is 11.6. The van der Waals surface area contributed by atoms with E-state index in [4.69, 9.17) is 10.2 Å². The number of nitrogens with two attached hydrogens (primary N) is 1. The van der Waals surface area contributed by atoms with Gasteiger partial charge in [-0.25, -0.2) is 0 Å². The summed E-state index contributed by atoms with van der Waals surface area (Å²) in [5.41, 5.74) is 9.82. The first kappa shape index (κ1) is 12.8. The van der Waals surface area contributed by atoms with Gasteiger partial charge < -0.3 is 15.1 Å². The maximum absolute atomic E-state index is 12.6. The van der Waals surface area contributed by atoms with Crippen molar-refractivity contribution >= 4 is 11.6 Å². The van der Waals surface area contributed by atoms with Crippen LogP contribution in [0.25, 0.3) is 0 Å². The zero-order chi connectivity index (χ0) is 14.1. The molecule has 1 aliphatic heterocycles. The predicted molar refractivity (Wildman–Crippen MR) is 77.4 cm³/mol. The third-order valence-corrected chi connectivity index (χ3v) is 3.89. The van der Waals surface area contributed by atoms with Gasteiger partial charge in [-0.05, 0) is 29.7 Å². The molecule has 0 radical (unpaired) electrons. The number of carbonyl (C=O) groups is 1. The molecule has 0 saturated carbocycles. The number of carbonyl (C=O) groups excluding carboxylic acids is 1. The molecule has 0 bridgehead atoms. The van der Waals surface area contributed by atoms with E-state index in [1.165, 1.54) is 5.56 Å². The Bertz CT molecular complexity index is 646. The molecule has 0 unspecified atom stereocenters. The van der Waals surface area contributed by atoms with Gasteiger partial charge in [0.15, 0.2) is 0 Å². The van der Waals surface area contributed by atoms with E-state index in [9.17, 15) is 4.79 Å². The Labute approximate surface area is 118 Å². The highest BCUT2D eigenvalue weighted by Crippen LogP contribution is 2.25. The molecule has 3 rings (SSSR count). The molecule has 0 saturated heterocycles. The van der Waals surface area contributed by atoms with Crippen molar-refractivity contribution in [1.29, 1.82) is 0 Å². The maximum atomic E-state index is 12.6. The van der Waals surface area contributed by atoms with Crippen LogP contribution in [-0.2, 0) is 19.4 Å². The van der Waals surface area contributed by atoms with E-state index >= 15 is 0 Å². The van der Waals surface area contributed by atoms with Crippen molar-refractivity contribution in [2.75, 3.05) is 12.3 Å². The van der Waals surface area contributed by atoms with Gasteiger partial charge in [-0.15, -0.1) is 0 Å². The van der Waals surface area contributed by atoms with Gasteiger partial charge in [-0.3, -0.25) is 4.79 Å². The largest absolute Gasteiger partial charge is 0.469 e. The van der Waals surface area contributed by atoms with Gasteiger partial charge in [-0.1, -0.05) is 19.1 Å². The summed E-state index contributed by atoms with van der Waals surface area (Å²) in [4.78, 5) is 14.4. The molecule has 2 aromatic rings. The SMILES string of the molecule is CCc1occc1C(=O)N1CCc2c(N)cccc2C1. The molecule has 4 nitrogen and oxygen atoms in total. The van der Waals surface area contributed by atoms with Gasteiger partial charge in [0, 0.05) is 25.2 Å². The lowest BCUT2D eigenvalue weighted by atomic mass is 9.97. The second kappa shape index (κ2) is 5.04. The zero-order valence-electron chi connectivity index (χ0n) is 11.6. The first-order valence-corrected chi connectivity index (χ1v) is 6.92. The Hall–Kier alpha value is -2.23. The van der Waals surface area contributed by atoms with Gasteiger partial charge >= 0.3 is 0 Å². The van der Waals surface area contributed by atoms with E-state index < -0.39 is 0 Å². The lowest BCUT2D eigenvalue weighted by Gasteiger charge is -2.29. The Balaban J connectivity index is 1.85. The third-order valence-electron chi connectivity index (χ3n) is 3.89. The number of nitrogens with zero attached hydrogens (tertiary/aromatic N) is 1. The number of rotatable bonds is 2. The van der Waals surface area contributed by atoms with Gasteiger partial charge in [0.05, 0.1) is 11.8 Å². The molecular weight excluding hydrogens is 252 g/mol. The highest BCUT2D eigenvalue weighted by molar-refractivity contribution is 5.95. The van der Waals surface area contributed by atoms with Crippen LogP contribution in [-0.4, -0.2) is 17.4 Å². The van der Waals surface area contributed by atoms with E-state index in [1.54, 1.807) is 12.3 Å². The van der Waals surface area contributed by atoms with E-state index in [0.29, 0.717) is 18.7 Å². The van der Waals surface area contributed by atoms with E-state index in [-0.39, 0.29) is 5.91 Å². The molecular formula is C16H18N2O2. The molecule has 2 N–H and O–H groups in total. The van der Waals surface area contributed by atoms with Crippen LogP contribution in [0.15, 0.2) is 34.9 Å². The van der Waals surface area contributed by atoms with Crippen molar-refractivity contribution in [2.45, 2.75) is 26.3 Å². The number of nitrogen functional groups attached to an aromatic ring is 1. The van der Waals surface area contributed by atoms with E-state index in [1.807, 2.05) is 30.0 Å². The minimum absolute atomic E-state index is 0.0451. The smallest absolute Gasteiger partial charge is 0.257 e. The van der Waals surface area contributed by atoms with E-state index in [0.717, 1.165) is 29.9 Å². The van der Waals surface area contributed by atoms with Crippen LogP contribution in [0.5, 0.6) is 0 Å². The molecule has 20 heavy (non-hydrogen) atoms. The summed E-state index contributed by atoms with van der Waals surface area (Å²) >= 11 is 0. The lowest BCUT2D eigenvalue weighted by molar-refractivity contribution is 0.0732. The van der Waals surface area contributed by atoms with Gasteiger partial charge in [-0.2, -0.15) is 0 Å². The second-order valence-corrected chi connectivity index (χ2v) is 5.07. The van der Waals surface area contributed by atoms with Crippen molar-refractivity contribution in [3.63, 3.8) is 0 Å². The number of benzene rings is 1. The van der Waals surface area contributed by atoms with Crippen LogP contribution in [0.1, 0.15) is 34.2 Å². The summed E-state index contributed by atoms with van der Waals surface area (Å²) in [5, 5.41) is 0. The first-order valence-electron chi connectivity index (χ1n) is 6.92. The van der Waals surface area contributed by atoms with Crippen LogP contribution in [0.2, 0.25) is 0 Å². The predicted octanol–water partition coefficient (Wildman–Crippen LogP) is 2.62. The summed E-state index contributed by atoms with van der Waals surface area (Å²) < 4.78 is 5.35. The molecule has 104 valence electrons. The number of furan rings is 1. The normalized spacial score (nSPS) is 14.2. The summed E-state index contributed by atoms with van der Waals surface area (Å²) in [5.74, 6) is 0.803. The van der Waals surface area contributed by atoms with Crippen LogP contribution >= 0.6 is 0 Å². The Morgan fingerprint density at radius 2 is 2.25 bits per heavy atom. The Kier molecular flexibility index (Phi) is 3.22. The van der Waals surface area contributed by atoms with Crippen LogP contribution in [0, 0.1) is 0 Å². The molecule has 4 heteroatoms. The first-order chi connectivity index (χ1) is 9.70. The van der Waals surface area contributed by atoms with Crippen LogP contribution < -0.4 is 5.73 Å². The van der Waals surface area contributed by atoms with Gasteiger partial charge in [0.2, 0.25) is 0 Å².